The van der Waals surface area contributed by atoms with Gasteiger partial charge in [-0.15, -0.1) is 0 Å². The summed E-state index contributed by atoms with van der Waals surface area (Å²) in [5.74, 6) is 0. The summed E-state index contributed by atoms with van der Waals surface area (Å²) >= 11 is 3.44. The first-order valence-electron chi connectivity index (χ1n) is 8.21. The van der Waals surface area contributed by atoms with Crippen molar-refractivity contribution in [3.63, 3.8) is 0 Å². The van der Waals surface area contributed by atoms with Gasteiger partial charge < -0.3 is 0 Å². The topological polar surface area (TPSA) is 63.6 Å². The lowest BCUT2D eigenvalue weighted by atomic mass is 9.88. The standard InChI is InChI=1S/C19H17BrN4O/c1-2-19(10-4-3-5-11-19)24-17-16(23-18(24)25)21-12-15(22-17)13-6-8-14(20)9-7-13/h3-10,12H,2,11H2,1H3,(H,21,23,25)/t19-/m1/s1. The van der Waals surface area contributed by atoms with Gasteiger partial charge in [0.1, 0.15) is 0 Å². The lowest BCUT2D eigenvalue weighted by Gasteiger charge is -2.31. The van der Waals surface area contributed by atoms with Crippen molar-refractivity contribution in [1.29, 1.82) is 0 Å². The second-order valence-corrected chi connectivity index (χ2v) is 7.06. The van der Waals surface area contributed by atoms with Crippen LogP contribution in [0.15, 0.2) is 64.0 Å². The van der Waals surface area contributed by atoms with Crippen LogP contribution in [0, 0.1) is 0 Å². The average molecular weight is 397 g/mol. The molecule has 2 heterocycles. The number of imidazole rings is 1. The molecule has 1 atom stereocenters. The number of hydrogen-bond acceptors (Lipinski definition) is 3. The first-order chi connectivity index (χ1) is 12.1. The van der Waals surface area contributed by atoms with Gasteiger partial charge in [0.05, 0.1) is 17.4 Å². The van der Waals surface area contributed by atoms with Gasteiger partial charge in [0.2, 0.25) is 0 Å². The molecule has 4 rings (SSSR count). The third kappa shape index (κ3) is 2.66. The maximum Gasteiger partial charge on any atom is 0.329 e. The van der Waals surface area contributed by atoms with E-state index in [2.05, 4.69) is 45.0 Å². The molecule has 0 saturated heterocycles. The molecule has 1 aliphatic carbocycles. The molecule has 0 radical (unpaired) electrons. The highest BCUT2D eigenvalue weighted by atomic mass is 79.9. The molecule has 1 aromatic carbocycles. The number of nitrogens with zero attached hydrogens (tertiary/aromatic N) is 3. The highest BCUT2D eigenvalue weighted by Gasteiger charge is 2.31. The number of benzene rings is 1. The molecule has 1 aliphatic rings. The van der Waals surface area contributed by atoms with E-state index in [0.717, 1.165) is 28.6 Å². The summed E-state index contributed by atoms with van der Waals surface area (Å²) in [6.07, 6.45) is 11.4. The quantitative estimate of drug-likeness (QED) is 0.722. The van der Waals surface area contributed by atoms with Gasteiger partial charge in [0, 0.05) is 10.0 Å². The van der Waals surface area contributed by atoms with Gasteiger partial charge >= 0.3 is 5.69 Å². The van der Waals surface area contributed by atoms with E-state index in [1.54, 1.807) is 10.8 Å². The minimum atomic E-state index is -0.406. The van der Waals surface area contributed by atoms with Crippen molar-refractivity contribution in [2.45, 2.75) is 25.3 Å². The summed E-state index contributed by atoms with van der Waals surface area (Å²) in [7, 11) is 0. The largest absolute Gasteiger partial charge is 0.329 e. The molecule has 0 aliphatic heterocycles. The van der Waals surface area contributed by atoms with Crippen LogP contribution in [-0.2, 0) is 5.54 Å². The van der Waals surface area contributed by atoms with Crippen molar-refractivity contribution in [2.24, 2.45) is 0 Å². The molecule has 5 nitrogen and oxygen atoms in total. The van der Waals surface area contributed by atoms with Crippen LogP contribution in [0.1, 0.15) is 19.8 Å². The maximum absolute atomic E-state index is 12.7. The Morgan fingerprint density at radius 3 is 2.76 bits per heavy atom. The van der Waals surface area contributed by atoms with Gasteiger partial charge in [-0.25, -0.2) is 14.8 Å². The van der Waals surface area contributed by atoms with Gasteiger partial charge in [-0.05, 0) is 25.0 Å². The predicted octanol–water partition coefficient (Wildman–Crippen LogP) is 4.17. The Morgan fingerprint density at radius 2 is 2.08 bits per heavy atom. The van der Waals surface area contributed by atoms with E-state index in [9.17, 15) is 4.79 Å². The lowest BCUT2D eigenvalue weighted by Crippen LogP contribution is -2.38. The minimum Gasteiger partial charge on any atom is -0.289 e. The molecule has 0 saturated carbocycles. The molecular formula is C19H17BrN4O. The molecule has 0 spiro atoms. The number of halogens is 1. The van der Waals surface area contributed by atoms with Crippen molar-refractivity contribution in [3.05, 3.63) is 69.7 Å². The Bertz CT molecular complexity index is 1050. The van der Waals surface area contributed by atoms with E-state index in [1.807, 2.05) is 36.4 Å². The summed E-state index contributed by atoms with van der Waals surface area (Å²) in [5, 5.41) is 0. The Morgan fingerprint density at radius 1 is 1.28 bits per heavy atom. The molecule has 0 bridgehead atoms. The van der Waals surface area contributed by atoms with E-state index < -0.39 is 5.54 Å². The van der Waals surface area contributed by atoms with E-state index in [-0.39, 0.29) is 5.69 Å². The lowest BCUT2D eigenvalue weighted by molar-refractivity contribution is 0.356. The van der Waals surface area contributed by atoms with Crippen molar-refractivity contribution in [2.75, 3.05) is 0 Å². The van der Waals surface area contributed by atoms with Crippen LogP contribution >= 0.6 is 15.9 Å². The number of H-pyrrole nitrogens is 1. The summed E-state index contributed by atoms with van der Waals surface area (Å²) < 4.78 is 2.76. The number of fused-ring (bicyclic) bond motifs is 1. The molecule has 0 amide bonds. The second kappa shape index (κ2) is 6.11. The first kappa shape index (κ1) is 16.0. The Kier molecular flexibility index (Phi) is 3.92. The third-order valence-electron chi connectivity index (χ3n) is 4.72. The van der Waals surface area contributed by atoms with Crippen molar-refractivity contribution in [3.8, 4) is 11.3 Å². The Labute approximate surface area is 153 Å². The minimum absolute atomic E-state index is 0.176. The molecule has 126 valence electrons. The molecule has 3 aromatic rings. The molecular weight excluding hydrogens is 380 g/mol. The summed E-state index contributed by atoms with van der Waals surface area (Å²) in [6.45, 7) is 2.08. The summed E-state index contributed by atoms with van der Waals surface area (Å²) in [5.41, 5.74) is 2.23. The molecule has 1 N–H and O–H groups in total. The smallest absolute Gasteiger partial charge is 0.289 e. The predicted molar refractivity (Wildman–Crippen MR) is 102 cm³/mol. The normalized spacial score (nSPS) is 19.6. The SMILES string of the molecule is CC[C@@]1(n2c(=O)[nH]c3ncc(-c4ccc(Br)cc4)nc32)C=CC=CC1. The van der Waals surface area contributed by atoms with Gasteiger partial charge in [0.25, 0.3) is 0 Å². The fourth-order valence-corrected chi connectivity index (χ4v) is 3.55. The zero-order valence-corrected chi connectivity index (χ0v) is 15.3. The van der Waals surface area contributed by atoms with Crippen LogP contribution in [0.25, 0.3) is 22.6 Å². The van der Waals surface area contributed by atoms with Crippen molar-refractivity contribution in [1.82, 2.24) is 19.5 Å². The first-order valence-corrected chi connectivity index (χ1v) is 9.01. The number of aromatic amines is 1. The zero-order valence-electron chi connectivity index (χ0n) is 13.7. The molecule has 6 heteroatoms. The van der Waals surface area contributed by atoms with Gasteiger partial charge in [-0.3, -0.25) is 9.55 Å². The number of allylic oxidation sites excluding steroid dienone is 4. The third-order valence-corrected chi connectivity index (χ3v) is 5.25. The summed E-state index contributed by atoms with van der Waals surface area (Å²) in [6, 6.07) is 7.89. The van der Waals surface area contributed by atoms with Crippen molar-refractivity contribution < 1.29 is 0 Å². The number of aromatic nitrogens is 4. The maximum atomic E-state index is 12.7. The highest BCUT2D eigenvalue weighted by molar-refractivity contribution is 9.10. The van der Waals surface area contributed by atoms with E-state index in [4.69, 9.17) is 4.98 Å². The Balaban J connectivity index is 1.93. The monoisotopic (exact) mass is 396 g/mol. The highest BCUT2D eigenvalue weighted by Crippen LogP contribution is 2.31. The molecule has 2 aromatic heterocycles. The van der Waals surface area contributed by atoms with Crippen LogP contribution in [0.2, 0.25) is 0 Å². The van der Waals surface area contributed by atoms with Crippen LogP contribution in [0.4, 0.5) is 0 Å². The van der Waals surface area contributed by atoms with Gasteiger partial charge in [-0.1, -0.05) is 59.3 Å². The molecule has 0 fully saturated rings. The number of rotatable bonds is 3. The van der Waals surface area contributed by atoms with Crippen LogP contribution < -0.4 is 5.69 Å². The van der Waals surface area contributed by atoms with Gasteiger partial charge in [-0.2, -0.15) is 0 Å². The molecule has 0 unspecified atom stereocenters. The average Bonchev–Trinajstić information content (AvgIpc) is 2.98. The van der Waals surface area contributed by atoms with Crippen molar-refractivity contribution >= 4 is 27.2 Å². The molecule has 25 heavy (non-hydrogen) atoms. The van der Waals surface area contributed by atoms with E-state index in [1.165, 1.54) is 0 Å². The fourth-order valence-electron chi connectivity index (χ4n) is 3.29. The Hall–Kier alpha value is -2.47. The van der Waals surface area contributed by atoms with Crippen LogP contribution in [0.3, 0.4) is 0 Å². The number of hydrogen-bond donors (Lipinski definition) is 1. The second-order valence-electron chi connectivity index (χ2n) is 6.15. The summed E-state index contributed by atoms with van der Waals surface area (Å²) in [4.78, 5) is 24.7. The number of nitrogens with one attached hydrogen (secondary N) is 1. The zero-order chi connectivity index (χ0) is 17.4. The van der Waals surface area contributed by atoms with E-state index in [0.29, 0.717) is 11.3 Å². The fraction of sp³-hybridized carbons (Fsp3) is 0.211. The van der Waals surface area contributed by atoms with Gasteiger partial charge in [0.15, 0.2) is 11.3 Å². The van der Waals surface area contributed by atoms with Crippen LogP contribution in [0.5, 0.6) is 0 Å². The van der Waals surface area contributed by atoms with E-state index >= 15 is 0 Å². The van der Waals surface area contributed by atoms with Crippen LogP contribution in [-0.4, -0.2) is 19.5 Å².